The number of hydrogen-bond donors (Lipinski definition) is 0. The molecule has 0 aromatic heterocycles. The van der Waals surface area contributed by atoms with Crippen LogP contribution in [0.3, 0.4) is 0 Å². The quantitative estimate of drug-likeness (QED) is 0.797. The average molecular weight is 399 g/mol. The molecule has 0 saturated carbocycles. The summed E-state index contributed by atoms with van der Waals surface area (Å²) in [7, 11) is -3.46. The number of sulfonamides is 1. The van der Waals surface area contributed by atoms with Crippen molar-refractivity contribution in [2.24, 2.45) is 0 Å². The monoisotopic (exact) mass is 398 g/mol. The number of carbonyl (C=O) groups excluding carboxylic acids is 1. The van der Waals surface area contributed by atoms with Crippen LogP contribution in [0, 0.1) is 6.92 Å². The highest BCUT2D eigenvalue weighted by Crippen LogP contribution is 2.27. The second kappa shape index (κ2) is 7.68. The topological polar surface area (TPSA) is 57.7 Å². The third kappa shape index (κ3) is 3.71. The molecule has 1 saturated heterocycles. The lowest BCUT2D eigenvalue weighted by molar-refractivity contribution is 0.0734. The Balaban J connectivity index is 1.58. The number of carbonyl (C=O) groups is 1. The van der Waals surface area contributed by atoms with E-state index >= 15 is 0 Å². The fourth-order valence-corrected chi connectivity index (χ4v) is 5.65. The lowest BCUT2D eigenvalue weighted by Crippen LogP contribution is -2.37. The van der Waals surface area contributed by atoms with Crippen LogP contribution < -0.4 is 0 Å². The smallest absolute Gasteiger partial charge is 0.254 e. The minimum atomic E-state index is -3.46. The molecule has 2 aliphatic rings. The van der Waals surface area contributed by atoms with Crippen molar-refractivity contribution >= 4 is 15.9 Å². The van der Waals surface area contributed by atoms with Crippen LogP contribution in [0.25, 0.3) is 0 Å². The minimum Gasteiger partial charge on any atom is -0.334 e. The van der Waals surface area contributed by atoms with Gasteiger partial charge >= 0.3 is 0 Å². The molecule has 0 radical (unpaired) electrons. The Hall–Kier alpha value is -2.18. The molecule has 148 valence electrons. The summed E-state index contributed by atoms with van der Waals surface area (Å²) in [6.07, 6.45) is 3.68. The number of piperidine rings is 1. The van der Waals surface area contributed by atoms with Gasteiger partial charge < -0.3 is 4.90 Å². The molecule has 0 unspecified atom stereocenters. The van der Waals surface area contributed by atoms with Crippen LogP contribution in [0.1, 0.15) is 46.3 Å². The largest absolute Gasteiger partial charge is 0.334 e. The van der Waals surface area contributed by atoms with E-state index in [4.69, 9.17) is 0 Å². The summed E-state index contributed by atoms with van der Waals surface area (Å²) in [5, 5.41) is 0. The van der Waals surface area contributed by atoms with E-state index in [0.29, 0.717) is 36.6 Å². The zero-order valence-corrected chi connectivity index (χ0v) is 17.0. The summed E-state index contributed by atoms with van der Waals surface area (Å²) < 4.78 is 27.6. The van der Waals surface area contributed by atoms with E-state index in [1.165, 1.54) is 0 Å². The Bertz CT molecular complexity index is 995. The molecular formula is C22H26N2O3S. The van der Waals surface area contributed by atoms with Crippen molar-refractivity contribution in [2.45, 2.75) is 44.0 Å². The van der Waals surface area contributed by atoms with Gasteiger partial charge in [0.05, 0.1) is 4.90 Å². The SMILES string of the molecule is Cc1cccc(C(=O)N2CCc3ccc(S(=O)(=O)N4CCCCC4)cc3C2)c1. The van der Waals surface area contributed by atoms with Gasteiger partial charge in [-0.3, -0.25) is 4.79 Å². The van der Waals surface area contributed by atoms with Gasteiger partial charge in [0.25, 0.3) is 5.91 Å². The van der Waals surface area contributed by atoms with Crippen molar-refractivity contribution in [1.82, 2.24) is 9.21 Å². The summed E-state index contributed by atoms with van der Waals surface area (Å²) in [6.45, 7) is 4.26. The summed E-state index contributed by atoms with van der Waals surface area (Å²) in [5.41, 5.74) is 3.80. The van der Waals surface area contributed by atoms with Crippen LogP contribution in [0.2, 0.25) is 0 Å². The number of fused-ring (bicyclic) bond motifs is 1. The lowest BCUT2D eigenvalue weighted by Gasteiger charge is -2.30. The molecule has 0 spiro atoms. The number of benzene rings is 2. The van der Waals surface area contributed by atoms with E-state index in [0.717, 1.165) is 42.4 Å². The van der Waals surface area contributed by atoms with Crippen molar-refractivity contribution in [3.05, 3.63) is 64.7 Å². The van der Waals surface area contributed by atoms with E-state index in [1.807, 2.05) is 42.2 Å². The Morgan fingerprint density at radius 3 is 2.46 bits per heavy atom. The Labute approximate surface area is 167 Å². The molecule has 6 heteroatoms. The second-order valence-corrected chi connectivity index (χ2v) is 9.68. The third-order valence-electron chi connectivity index (χ3n) is 5.70. The lowest BCUT2D eigenvalue weighted by atomic mass is 9.99. The van der Waals surface area contributed by atoms with Crippen molar-refractivity contribution in [3.63, 3.8) is 0 Å². The van der Waals surface area contributed by atoms with Gasteiger partial charge in [0.1, 0.15) is 0 Å². The maximum Gasteiger partial charge on any atom is 0.254 e. The standard InChI is InChI=1S/C22H26N2O3S/c1-17-6-5-7-19(14-17)22(25)23-13-10-18-8-9-21(15-20(18)16-23)28(26,27)24-11-3-2-4-12-24/h5-9,14-15H,2-4,10-13,16H2,1H3. The highest BCUT2D eigenvalue weighted by Gasteiger charge is 2.28. The maximum absolute atomic E-state index is 13.0. The number of rotatable bonds is 3. The van der Waals surface area contributed by atoms with E-state index in [9.17, 15) is 13.2 Å². The van der Waals surface area contributed by atoms with Gasteiger partial charge in [0.15, 0.2) is 0 Å². The Morgan fingerprint density at radius 1 is 0.929 bits per heavy atom. The predicted molar refractivity (Wildman–Crippen MR) is 109 cm³/mol. The van der Waals surface area contributed by atoms with Crippen LogP contribution in [-0.4, -0.2) is 43.2 Å². The molecule has 2 aromatic rings. The molecule has 0 bridgehead atoms. The molecule has 2 heterocycles. The zero-order valence-electron chi connectivity index (χ0n) is 16.2. The molecule has 0 N–H and O–H groups in total. The highest BCUT2D eigenvalue weighted by atomic mass is 32.2. The predicted octanol–water partition coefficient (Wildman–Crippen LogP) is 3.37. The Morgan fingerprint density at radius 2 is 1.71 bits per heavy atom. The summed E-state index contributed by atoms with van der Waals surface area (Å²) in [5.74, 6) is -0.00126. The average Bonchev–Trinajstić information content (AvgIpc) is 2.73. The van der Waals surface area contributed by atoms with E-state index in [-0.39, 0.29) is 5.91 Å². The van der Waals surface area contributed by atoms with E-state index < -0.39 is 10.0 Å². The van der Waals surface area contributed by atoms with Crippen molar-refractivity contribution < 1.29 is 13.2 Å². The highest BCUT2D eigenvalue weighted by molar-refractivity contribution is 7.89. The van der Waals surface area contributed by atoms with Gasteiger partial charge in [-0.05, 0) is 61.6 Å². The third-order valence-corrected chi connectivity index (χ3v) is 7.59. The molecule has 0 atom stereocenters. The zero-order chi connectivity index (χ0) is 19.7. The van der Waals surface area contributed by atoms with Crippen LogP contribution in [0.4, 0.5) is 0 Å². The first-order valence-electron chi connectivity index (χ1n) is 9.93. The molecule has 1 amide bonds. The number of nitrogens with zero attached hydrogens (tertiary/aromatic N) is 2. The van der Waals surface area contributed by atoms with Crippen molar-refractivity contribution in [3.8, 4) is 0 Å². The molecule has 4 rings (SSSR count). The van der Waals surface area contributed by atoms with E-state index in [1.54, 1.807) is 16.4 Å². The van der Waals surface area contributed by atoms with Crippen molar-refractivity contribution in [2.75, 3.05) is 19.6 Å². The fraction of sp³-hybridized carbons (Fsp3) is 0.409. The molecule has 5 nitrogen and oxygen atoms in total. The number of hydrogen-bond acceptors (Lipinski definition) is 3. The Kier molecular flexibility index (Phi) is 5.25. The first-order chi connectivity index (χ1) is 13.4. The summed E-state index contributed by atoms with van der Waals surface area (Å²) >= 11 is 0. The molecular weight excluding hydrogens is 372 g/mol. The van der Waals surface area contributed by atoms with Crippen molar-refractivity contribution in [1.29, 1.82) is 0 Å². The van der Waals surface area contributed by atoms with Gasteiger partial charge in [-0.25, -0.2) is 8.42 Å². The fourth-order valence-electron chi connectivity index (χ4n) is 4.08. The number of aryl methyl sites for hydroxylation is 1. The van der Waals surface area contributed by atoms with E-state index in [2.05, 4.69) is 0 Å². The first kappa shape index (κ1) is 19.2. The van der Waals surface area contributed by atoms with Gasteiger partial charge in [-0.15, -0.1) is 0 Å². The van der Waals surface area contributed by atoms with Crippen LogP contribution >= 0.6 is 0 Å². The minimum absolute atomic E-state index is 0.00126. The summed E-state index contributed by atoms with van der Waals surface area (Å²) in [4.78, 5) is 15.0. The summed E-state index contributed by atoms with van der Waals surface area (Å²) in [6, 6.07) is 13.0. The van der Waals surface area contributed by atoms with Gasteiger partial charge in [0.2, 0.25) is 10.0 Å². The first-order valence-corrected chi connectivity index (χ1v) is 11.4. The molecule has 0 aliphatic carbocycles. The van der Waals surface area contributed by atoms with Crippen LogP contribution in [-0.2, 0) is 23.0 Å². The molecule has 2 aliphatic heterocycles. The normalized spacial score (nSPS) is 18.0. The van der Waals surface area contributed by atoms with Gasteiger partial charge in [-0.2, -0.15) is 4.31 Å². The van der Waals surface area contributed by atoms with Crippen LogP contribution in [0.15, 0.2) is 47.4 Å². The molecule has 2 aromatic carbocycles. The molecule has 28 heavy (non-hydrogen) atoms. The second-order valence-electron chi connectivity index (χ2n) is 7.74. The number of amides is 1. The molecule has 1 fully saturated rings. The van der Waals surface area contributed by atoms with Crippen LogP contribution in [0.5, 0.6) is 0 Å². The van der Waals surface area contributed by atoms with Gasteiger partial charge in [0, 0.05) is 31.7 Å². The maximum atomic E-state index is 13.0. The van der Waals surface area contributed by atoms with Gasteiger partial charge in [-0.1, -0.05) is 30.2 Å².